The Morgan fingerprint density at radius 1 is 0.922 bits per heavy atom. The first kappa shape index (κ1) is 36.0. The maximum Gasteiger partial charge on any atom is 0.416 e. The number of carboxylic acid groups (broad SMARTS) is 1. The van der Waals surface area contributed by atoms with Crippen LogP contribution in [0.1, 0.15) is 78.4 Å². The number of ether oxygens (including phenoxy) is 1. The second-order valence-electron chi connectivity index (χ2n) is 13.2. The number of hydrogen-bond acceptors (Lipinski definition) is 4. The van der Waals surface area contributed by atoms with Gasteiger partial charge in [0.05, 0.1) is 18.0 Å². The summed E-state index contributed by atoms with van der Waals surface area (Å²) in [7, 11) is 0. The first-order valence-electron chi connectivity index (χ1n) is 17.0. The summed E-state index contributed by atoms with van der Waals surface area (Å²) in [6.07, 6.45) is -0.138. The van der Waals surface area contributed by atoms with Crippen molar-refractivity contribution in [2.45, 2.75) is 69.8 Å². The maximum absolute atomic E-state index is 14.4. The number of halogens is 4. The van der Waals surface area contributed by atoms with E-state index in [4.69, 9.17) is 16.3 Å². The van der Waals surface area contributed by atoms with Gasteiger partial charge in [0.1, 0.15) is 18.4 Å². The summed E-state index contributed by atoms with van der Waals surface area (Å²) >= 11 is 6.20. The number of nitrogens with zero attached hydrogens (tertiary/aromatic N) is 1. The van der Waals surface area contributed by atoms with Crippen LogP contribution in [0, 0.1) is 5.92 Å². The van der Waals surface area contributed by atoms with E-state index in [1.165, 1.54) is 6.07 Å². The number of benzene rings is 4. The predicted molar refractivity (Wildman–Crippen MR) is 187 cm³/mol. The summed E-state index contributed by atoms with van der Waals surface area (Å²) in [4.78, 5) is 41.8. The van der Waals surface area contributed by atoms with E-state index < -0.39 is 35.7 Å². The average Bonchev–Trinajstić information content (AvgIpc) is 3.63. The van der Waals surface area contributed by atoms with Crippen molar-refractivity contribution < 1.29 is 37.4 Å². The highest BCUT2D eigenvalue weighted by Crippen LogP contribution is 2.37. The number of alkyl halides is 3. The lowest BCUT2D eigenvalue weighted by atomic mass is 9.90. The molecular formula is C40H38ClF3N2O5. The Morgan fingerprint density at radius 2 is 1.63 bits per heavy atom. The number of nitrogens with one attached hydrogen (secondary N) is 1. The smallest absolute Gasteiger partial charge is 0.416 e. The van der Waals surface area contributed by atoms with Crippen LogP contribution >= 0.6 is 11.6 Å². The quantitative estimate of drug-likeness (QED) is 0.162. The second-order valence-corrected chi connectivity index (χ2v) is 13.6. The van der Waals surface area contributed by atoms with Crippen molar-refractivity contribution in [2.75, 3.05) is 6.54 Å². The van der Waals surface area contributed by atoms with E-state index in [0.717, 1.165) is 54.5 Å². The minimum Gasteiger partial charge on any atom is -0.489 e. The highest BCUT2D eigenvalue weighted by Gasteiger charge is 2.38. The number of fused-ring (bicyclic) bond motifs is 1. The van der Waals surface area contributed by atoms with Crippen LogP contribution in [0.25, 0.3) is 11.1 Å². The van der Waals surface area contributed by atoms with Crippen molar-refractivity contribution in [3.05, 3.63) is 124 Å². The van der Waals surface area contributed by atoms with Crippen LogP contribution in [-0.2, 0) is 33.6 Å². The molecule has 1 heterocycles. The Morgan fingerprint density at radius 3 is 2.31 bits per heavy atom. The fourth-order valence-corrected chi connectivity index (χ4v) is 7.22. The molecule has 2 atom stereocenters. The maximum atomic E-state index is 14.4. The molecule has 0 saturated heterocycles. The molecule has 4 aromatic rings. The topological polar surface area (TPSA) is 95.9 Å². The molecule has 2 amide bonds. The summed E-state index contributed by atoms with van der Waals surface area (Å²) in [5.41, 5.74) is 3.14. The molecule has 266 valence electrons. The van der Waals surface area contributed by atoms with Crippen LogP contribution < -0.4 is 10.1 Å². The number of hydrogen-bond donors (Lipinski definition) is 2. The molecule has 51 heavy (non-hydrogen) atoms. The normalized spacial score (nSPS) is 16.7. The van der Waals surface area contributed by atoms with E-state index in [-0.39, 0.29) is 41.2 Å². The van der Waals surface area contributed by atoms with Gasteiger partial charge in [0, 0.05) is 23.6 Å². The lowest BCUT2D eigenvalue weighted by molar-refractivity contribution is -0.143. The highest BCUT2D eigenvalue weighted by molar-refractivity contribution is 6.31. The largest absolute Gasteiger partial charge is 0.489 e. The molecule has 0 bridgehead atoms. The first-order chi connectivity index (χ1) is 24.5. The summed E-state index contributed by atoms with van der Waals surface area (Å²) in [6.45, 7) is 0.0362. The SMILES string of the molecule is O=C(O)CC(NC(=O)C1c2cc(OCc3cc(C(F)(F)F)ccc3Cl)ccc2CCN1C(=O)CC1CCCC1)c1ccc(-c2ccccc2)cc1. The predicted octanol–water partition coefficient (Wildman–Crippen LogP) is 8.94. The third-order valence-corrected chi connectivity index (χ3v) is 10.1. The molecule has 1 aliphatic heterocycles. The van der Waals surface area contributed by atoms with Crippen LogP contribution in [0.2, 0.25) is 5.02 Å². The minimum absolute atomic E-state index is 0.114. The molecule has 2 unspecified atom stereocenters. The Bertz CT molecular complexity index is 1880. The minimum atomic E-state index is -4.55. The summed E-state index contributed by atoms with van der Waals surface area (Å²) in [5, 5.41) is 12.9. The van der Waals surface area contributed by atoms with E-state index in [1.807, 2.05) is 42.5 Å². The van der Waals surface area contributed by atoms with Crippen molar-refractivity contribution in [2.24, 2.45) is 5.92 Å². The molecular weight excluding hydrogens is 681 g/mol. The number of amides is 2. The van der Waals surface area contributed by atoms with Crippen molar-refractivity contribution in [3.8, 4) is 16.9 Å². The van der Waals surface area contributed by atoms with Crippen LogP contribution in [0.15, 0.2) is 91.0 Å². The van der Waals surface area contributed by atoms with E-state index in [9.17, 15) is 32.7 Å². The number of carbonyl (C=O) groups is 3. The van der Waals surface area contributed by atoms with Gasteiger partial charge in [-0.3, -0.25) is 14.4 Å². The van der Waals surface area contributed by atoms with E-state index in [0.29, 0.717) is 30.5 Å². The van der Waals surface area contributed by atoms with Crippen molar-refractivity contribution in [1.29, 1.82) is 0 Å². The molecule has 1 saturated carbocycles. The van der Waals surface area contributed by atoms with Gasteiger partial charge in [-0.1, -0.05) is 85.1 Å². The highest BCUT2D eigenvalue weighted by atomic mass is 35.5. The molecule has 2 N–H and O–H groups in total. The fraction of sp³-hybridized carbons (Fsp3) is 0.325. The summed E-state index contributed by atoms with van der Waals surface area (Å²) in [6, 6.07) is 23.2. The summed E-state index contributed by atoms with van der Waals surface area (Å²) in [5.74, 6) is -1.28. The number of rotatable bonds is 11. The molecule has 1 aliphatic carbocycles. The second kappa shape index (κ2) is 15.6. The zero-order valence-electron chi connectivity index (χ0n) is 27.8. The van der Waals surface area contributed by atoms with Gasteiger partial charge in [0.2, 0.25) is 11.8 Å². The van der Waals surface area contributed by atoms with Gasteiger partial charge >= 0.3 is 12.1 Å². The average molecular weight is 719 g/mol. The lowest BCUT2D eigenvalue weighted by Crippen LogP contribution is -2.48. The van der Waals surface area contributed by atoms with Crippen LogP contribution in [0.3, 0.4) is 0 Å². The molecule has 0 aromatic heterocycles. The van der Waals surface area contributed by atoms with Crippen LogP contribution in [0.5, 0.6) is 5.75 Å². The molecule has 2 aliphatic rings. The first-order valence-corrected chi connectivity index (χ1v) is 17.4. The Balaban J connectivity index is 1.29. The number of carboxylic acids is 1. The van der Waals surface area contributed by atoms with E-state index >= 15 is 0 Å². The van der Waals surface area contributed by atoms with Gasteiger partial charge in [-0.05, 0) is 83.3 Å². The van der Waals surface area contributed by atoms with Gasteiger partial charge in [-0.15, -0.1) is 0 Å². The standard InChI is InChI=1S/C40H38ClF3N2O5/c41-34-17-15-31(40(42,43)44)21-30(34)24-51-32-16-14-28-18-19-46(36(47)20-25-6-4-5-7-25)38(33(28)22-32)39(50)45-35(23-37(48)49)29-12-10-27(11-13-29)26-8-2-1-3-9-26/h1-3,8-17,21-22,25,35,38H,4-7,18-20,23-24H2,(H,45,50)(H,48,49). The zero-order valence-corrected chi connectivity index (χ0v) is 28.6. The van der Waals surface area contributed by atoms with E-state index in [2.05, 4.69) is 5.32 Å². The molecule has 7 nitrogen and oxygen atoms in total. The van der Waals surface area contributed by atoms with Gasteiger partial charge in [-0.25, -0.2) is 0 Å². The molecule has 4 aromatic carbocycles. The molecule has 6 rings (SSSR count). The Hall–Kier alpha value is -4.83. The monoisotopic (exact) mass is 718 g/mol. The zero-order chi connectivity index (χ0) is 36.1. The Kier molecular flexibility index (Phi) is 11.0. The van der Waals surface area contributed by atoms with Crippen LogP contribution in [-0.4, -0.2) is 34.3 Å². The lowest BCUT2D eigenvalue weighted by Gasteiger charge is -2.38. The summed E-state index contributed by atoms with van der Waals surface area (Å²) < 4.78 is 46.0. The van der Waals surface area contributed by atoms with Gasteiger partial charge in [0.25, 0.3) is 0 Å². The Labute approximate surface area is 299 Å². The molecule has 1 fully saturated rings. The van der Waals surface area contributed by atoms with Crippen LogP contribution in [0.4, 0.5) is 13.2 Å². The van der Waals surface area contributed by atoms with Gasteiger partial charge in [0.15, 0.2) is 0 Å². The molecule has 0 spiro atoms. The number of aliphatic carboxylic acids is 1. The third kappa shape index (κ3) is 8.73. The molecule has 11 heteroatoms. The van der Waals surface area contributed by atoms with Gasteiger partial charge < -0.3 is 20.1 Å². The fourth-order valence-electron chi connectivity index (χ4n) is 7.05. The third-order valence-electron chi connectivity index (χ3n) is 9.74. The molecule has 0 radical (unpaired) electrons. The van der Waals surface area contributed by atoms with Crippen molar-refractivity contribution in [1.82, 2.24) is 10.2 Å². The number of carbonyl (C=O) groups excluding carboxylic acids is 2. The van der Waals surface area contributed by atoms with Crippen molar-refractivity contribution in [3.63, 3.8) is 0 Å². The van der Waals surface area contributed by atoms with Gasteiger partial charge in [-0.2, -0.15) is 13.2 Å². The van der Waals surface area contributed by atoms with E-state index in [1.54, 1.807) is 35.2 Å². The van der Waals surface area contributed by atoms with Crippen molar-refractivity contribution >= 4 is 29.4 Å².